The van der Waals surface area contributed by atoms with Crippen LogP contribution in [0.25, 0.3) is 11.2 Å². The van der Waals surface area contributed by atoms with Gasteiger partial charge in [0.25, 0.3) is 5.91 Å². The summed E-state index contributed by atoms with van der Waals surface area (Å²) in [7, 11) is 3.91. The molecule has 1 aromatic carbocycles. The number of aryl methyl sites for hydroxylation is 1. The lowest BCUT2D eigenvalue weighted by atomic mass is 9.97. The average Bonchev–Trinajstić information content (AvgIpc) is 2.98. The van der Waals surface area contributed by atoms with Crippen LogP contribution in [-0.2, 0) is 11.2 Å². The Labute approximate surface area is 161 Å². The lowest BCUT2D eigenvalue weighted by Crippen LogP contribution is -2.19. The molecule has 2 heterocycles. The van der Waals surface area contributed by atoms with Gasteiger partial charge in [0.15, 0.2) is 0 Å². The van der Waals surface area contributed by atoms with Crippen LogP contribution in [0.15, 0.2) is 48.4 Å². The normalized spacial score (nSPS) is 13.6. The number of benzene rings is 1. The number of rotatable bonds is 3. The quantitative estimate of drug-likeness (QED) is 0.720. The highest BCUT2D eigenvalue weighted by molar-refractivity contribution is 6.31. The van der Waals surface area contributed by atoms with Crippen molar-refractivity contribution >= 4 is 40.1 Å². The molecule has 0 spiro atoms. The Kier molecular flexibility index (Phi) is 4.28. The monoisotopic (exact) mass is 382 g/mol. The number of aromatic nitrogens is 2. The first-order valence-corrected chi connectivity index (χ1v) is 8.99. The first-order valence-electron chi connectivity index (χ1n) is 8.62. The molecule has 0 bridgehead atoms. The van der Waals surface area contributed by atoms with E-state index in [1.165, 1.54) is 0 Å². The number of aliphatic hydroxyl groups is 1. The molecule has 0 fully saturated rings. The Balaban J connectivity index is 1.68. The number of amides is 1. The molecule has 2 N–H and O–H groups in total. The van der Waals surface area contributed by atoms with Crippen LogP contribution in [0.3, 0.4) is 0 Å². The van der Waals surface area contributed by atoms with Gasteiger partial charge in [0.2, 0.25) is 0 Å². The van der Waals surface area contributed by atoms with Crippen molar-refractivity contribution in [2.24, 2.45) is 0 Å². The molecule has 1 amide bonds. The molecular weight excluding hydrogens is 364 g/mol. The Morgan fingerprint density at radius 1 is 1.22 bits per heavy atom. The van der Waals surface area contributed by atoms with Gasteiger partial charge in [0, 0.05) is 49.2 Å². The van der Waals surface area contributed by atoms with Gasteiger partial charge in [-0.1, -0.05) is 11.6 Å². The Bertz CT molecular complexity index is 1070. The highest BCUT2D eigenvalue weighted by Gasteiger charge is 2.29. The third-order valence-electron chi connectivity index (χ3n) is 4.68. The number of imidazole rings is 1. The van der Waals surface area contributed by atoms with Crippen molar-refractivity contribution < 1.29 is 9.90 Å². The standard InChI is InChI=1S/C20H19ClN4O2/c1-24(2)14-5-3-13(4-6-14)22-20(27)18-16(26)8-7-15-19(18)23-17-11-12(21)9-10-25(15)17/h3-6,9-11,26H,7-8H2,1-2H3,(H,22,27). The maximum atomic E-state index is 12.9. The van der Waals surface area contributed by atoms with Gasteiger partial charge in [0.05, 0.1) is 5.69 Å². The number of pyridine rings is 1. The SMILES string of the molecule is CN(C)c1ccc(NC(=O)C2=C(O)CCc3c2nc2cc(Cl)ccn32)cc1. The number of nitrogens with one attached hydrogen (secondary N) is 1. The second kappa shape index (κ2) is 6.63. The largest absolute Gasteiger partial charge is 0.511 e. The lowest BCUT2D eigenvalue weighted by molar-refractivity contribution is -0.111. The fourth-order valence-corrected chi connectivity index (χ4v) is 3.44. The van der Waals surface area contributed by atoms with Crippen molar-refractivity contribution in [3.63, 3.8) is 0 Å². The number of nitrogens with zero attached hydrogens (tertiary/aromatic N) is 3. The van der Waals surface area contributed by atoms with Gasteiger partial charge < -0.3 is 19.7 Å². The number of carbonyl (C=O) groups excluding carboxylic acids is 1. The van der Waals surface area contributed by atoms with Crippen LogP contribution in [0.4, 0.5) is 11.4 Å². The molecule has 0 aliphatic heterocycles. The number of fused-ring (bicyclic) bond motifs is 3. The van der Waals surface area contributed by atoms with Crippen molar-refractivity contribution in [2.45, 2.75) is 12.8 Å². The zero-order valence-corrected chi connectivity index (χ0v) is 15.8. The smallest absolute Gasteiger partial charge is 0.261 e. The summed E-state index contributed by atoms with van der Waals surface area (Å²) in [4.78, 5) is 19.4. The van der Waals surface area contributed by atoms with E-state index in [2.05, 4.69) is 10.3 Å². The summed E-state index contributed by atoms with van der Waals surface area (Å²) in [6, 6.07) is 11.0. The molecule has 1 aliphatic carbocycles. The van der Waals surface area contributed by atoms with Crippen LogP contribution in [0.1, 0.15) is 17.8 Å². The first-order chi connectivity index (χ1) is 12.9. The minimum atomic E-state index is -0.374. The number of aliphatic hydroxyl groups excluding tert-OH is 1. The number of allylic oxidation sites excluding steroid dienone is 1. The fraction of sp³-hybridized carbons (Fsp3) is 0.200. The number of hydrogen-bond donors (Lipinski definition) is 2. The Hall–Kier alpha value is -2.99. The van der Waals surface area contributed by atoms with Crippen molar-refractivity contribution in [2.75, 3.05) is 24.3 Å². The topological polar surface area (TPSA) is 69.9 Å². The summed E-state index contributed by atoms with van der Waals surface area (Å²) in [5.74, 6) is -0.319. The number of anilines is 2. The molecule has 7 heteroatoms. The van der Waals surface area contributed by atoms with Crippen LogP contribution in [0.2, 0.25) is 5.02 Å². The maximum Gasteiger partial charge on any atom is 0.261 e. The summed E-state index contributed by atoms with van der Waals surface area (Å²) >= 11 is 6.05. The van der Waals surface area contributed by atoms with E-state index in [9.17, 15) is 9.90 Å². The second-order valence-electron chi connectivity index (χ2n) is 6.70. The predicted octanol–water partition coefficient (Wildman–Crippen LogP) is 3.91. The van der Waals surface area contributed by atoms with Crippen LogP contribution < -0.4 is 10.2 Å². The van der Waals surface area contributed by atoms with E-state index < -0.39 is 0 Å². The molecule has 4 rings (SSSR count). The van der Waals surface area contributed by atoms with Crippen LogP contribution in [-0.4, -0.2) is 34.5 Å². The van der Waals surface area contributed by atoms with Crippen LogP contribution in [0.5, 0.6) is 0 Å². The fourth-order valence-electron chi connectivity index (χ4n) is 3.28. The van der Waals surface area contributed by atoms with Gasteiger partial charge in [-0.2, -0.15) is 0 Å². The van der Waals surface area contributed by atoms with Crippen LogP contribution >= 0.6 is 11.6 Å². The molecule has 0 radical (unpaired) electrons. The van der Waals surface area contributed by atoms with E-state index in [1.807, 2.05) is 53.9 Å². The van der Waals surface area contributed by atoms with E-state index in [1.54, 1.807) is 12.1 Å². The average molecular weight is 383 g/mol. The minimum Gasteiger partial charge on any atom is -0.511 e. The molecule has 138 valence electrons. The molecule has 0 unspecified atom stereocenters. The third-order valence-corrected chi connectivity index (χ3v) is 4.91. The summed E-state index contributed by atoms with van der Waals surface area (Å²) in [5.41, 5.74) is 3.96. The summed E-state index contributed by atoms with van der Waals surface area (Å²) in [5, 5.41) is 13.8. The highest BCUT2D eigenvalue weighted by Crippen LogP contribution is 2.32. The van der Waals surface area contributed by atoms with Crippen molar-refractivity contribution in [1.82, 2.24) is 9.38 Å². The van der Waals surface area contributed by atoms with Gasteiger partial charge in [-0.05, 0) is 36.8 Å². The van der Waals surface area contributed by atoms with Crippen molar-refractivity contribution in [1.29, 1.82) is 0 Å². The first kappa shape index (κ1) is 17.4. The van der Waals surface area contributed by atoms with Crippen molar-refractivity contribution in [3.05, 3.63) is 64.8 Å². The molecule has 0 atom stereocenters. The van der Waals surface area contributed by atoms with E-state index in [-0.39, 0.29) is 17.2 Å². The van der Waals surface area contributed by atoms with Gasteiger partial charge in [0.1, 0.15) is 22.7 Å². The highest BCUT2D eigenvalue weighted by atomic mass is 35.5. The Morgan fingerprint density at radius 2 is 1.96 bits per heavy atom. The summed E-state index contributed by atoms with van der Waals surface area (Å²) in [6.45, 7) is 0. The number of hydrogen-bond acceptors (Lipinski definition) is 4. The second-order valence-corrected chi connectivity index (χ2v) is 7.13. The summed E-state index contributed by atoms with van der Waals surface area (Å²) < 4.78 is 1.91. The minimum absolute atomic E-state index is 0.0550. The molecular formula is C20H19ClN4O2. The van der Waals surface area contributed by atoms with Gasteiger partial charge >= 0.3 is 0 Å². The number of halogens is 1. The third kappa shape index (κ3) is 3.13. The molecule has 6 nitrogen and oxygen atoms in total. The van der Waals surface area contributed by atoms with E-state index in [0.717, 1.165) is 11.4 Å². The predicted molar refractivity (Wildman–Crippen MR) is 107 cm³/mol. The zero-order chi connectivity index (χ0) is 19.1. The van der Waals surface area contributed by atoms with E-state index in [4.69, 9.17) is 11.6 Å². The number of carbonyl (C=O) groups is 1. The van der Waals surface area contributed by atoms with Gasteiger partial charge in [-0.3, -0.25) is 4.79 Å². The maximum absolute atomic E-state index is 12.9. The molecule has 27 heavy (non-hydrogen) atoms. The van der Waals surface area contributed by atoms with E-state index >= 15 is 0 Å². The molecule has 0 saturated carbocycles. The molecule has 2 aromatic heterocycles. The Morgan fingerprint density at radius 3 is 2.67 bits per heavy atom. The van der Waals surface area contributed by atoms with Crippen molar-refractivity contribution in [3.8, 4) is 0 Å². The van der Waals surface area contributed by atoms with Gasteiger partial charge in [-0.15, -0.1) is 0 Å². The molecule has 0 saturated heterocycles. The van der Waals surface area contributed by atoms with Crippen LogP contribution in [0, 0.1) is 0 Å². The van der Waals surface area contributed by atoms with E-state index in [0.29, 0.717) is 34.9 Å². The van der Waals surface area contributed by atoms with Gasteiger partial charge in [-0.25, -0.2) is 4.98 Å². The summed E-state index contributed by atoms with van der Waals surface area (Å²) in [6.07, 6.45) is 2.84. The lowest BCUT2D eigenvalue weighted by Gasteiger charge is -2.17. The molecule has 1 aliphatic rings. The zero-order valence-electron chi connectivity index (χ0n) is 15.0. The molecule has 3 aromatic rings.